The summed E-state index contributed by atoms with van der Waals surface area (Å²) >= 11 is 1.83. The highest BCUT2D eigenvalue weighted by molar-refractivity contribution is 7.07. The minimum Gasteiger partial charge on any atom is -0.317 e. The lowest BCUT2D eigenvalue weighted by Crippen LogP contribution is -2.36. The molecule has 0 saturated heterocycles. The molecule has 0 radical (unpaired) electrons. The zero-order valence-corrected chi connectivity index (χ0v) is 12.9. The molecule has 0 amide bonds. The fourth-order valence-electron chi connectivity index (χ4n) is 3.34. The van der Waals surface area contributed by atoms with Gasteiger partial charge >= 0.3 is 0 Å². The van der Waals surface area contributed by atoms with Gasteiger partial charge in [-0.05, 0) is 78.4 Å². The van der Waals surface area contributed by atoms with Gasteiger partial charge in [0.1, 0.15) is 0 Å². The van der Waals surface area contributed by atoms with E-state index in [-0.39, 0.29) is 0 Å². The van der Waals surface area contributed by atoms with E-state index >= 15 is 0 Å². The molecule has 2 heteroatoms. The lowest BCUT2D eigenvalue weighted by Gasteiger charge is -2.41. The minimum absolute atomic E-state index is 0.545. The highest BCUT2D eigenvalue weighted by Gasteiger charge is 2.34. The van der Waals surface area contributed by atoms with Crippen molar-refractivity contribution in [2.45, 2.75) is 46.5 Å². The summed E-state index contributed by atoms with van der Waals surface area (Å²) in [5, 5.41) is 8.09. The van der Waals surface area contributed by atoms with Crippen molar-refractivity contribution in [3.05, 3.63) is 22.4 Å². The predicted octanol–water partition coefficient (Wildman–Crippen LogP) is 4.34. The Balaban J connectivity index is 1.99. The van der Waals surface area contributed by atoms with E-state index < -0.39 is 0 Å². The van der Waals surface area contributed by atoms with Crippen LogP contribution in [0, 0.1) is 17.3 Å². The Hall–Kier alpha value is -0.340. The van der Waals surface area contributed by atoms with Gasteiger partial charge < -0.3 is 5.32 Å². The van der Waals surface area contributed by atoms with Crippen LogP contribution in [0.5, 0.6) is 0 Å². The molecule has 18 heavy (non-hydrogen) atoms. The van der Waals surface area contributed by atoms with Crippen molar-refractivity contribution in [1.82, 2.24) is 5.32 Å². The molecular weight excluding hydrogens is 238 g/mol. The first-order chi connectivity index (χ1) is 8.61. The quantitative estimate of drug-likeness (QED) is 0.835. The minimum atomic E-state index is 0.545. The van der Waals surface area contributed by atoms with Gasteiger partial charge in [0.05, 0.1) is 0 Å². The summed E-state index contributed by atoms with van der Waals surface area (Å²) in [5.74, 6) is 1.74. The van der Waals surface area contributed by atoms with Crippen molar-refractivity contribution < 1.29 is 0 Å². The molecule has 1 aromatic rings. The monoisotopic (exact) mass is 265 g/mol. The van der Waals surface area contributed by atoms with Gasteiger partial charge in [0.2, 0.25) is 0 Å². The molecule has 0 bridgehead atoms. The molecule has 2 atom stereocenters. The molecule has 0 spiro atoms. The first-order valence-corrected chi connectivity index (χ1v) is 8.27. The van der Waals surface area contributed by atoms with Crippen LogP contribution in [0.3, 0.4) is 0 Å². The van der Waals surface area contributed by atoms with Crippen LogP contribution >= 0.6 is 11.3 Å². The average molecular weight is 265 g/mol. The molecule has 1 heterocycles. The number of nitrogens with one attached hydrogen (secondary N) is 1. The van der Waals surface area contributed by atoms with Gasteiger partial charge in [0.25, 0.3) is 0 Å². The standard InChI is InChI=1S/C16H27NS/c1-4-17-11-14-5-7-16(2,3)10-15(14)9-13-6-8-18-12-13/h6,8,12,14-15,17H,4-5,7,9-11H2,1-3H3. The van der Waals surface area contributed by atoms with Gasteiger partial charge in [0.15, 0.2) is 0 Å². The lowest BCUT2D eigenvalue weighted by atomic mass is 9.65. The normalized spacial score (nSPS) is 27.3. The molecule has 0 aromatic carbocycles. The van der Waals surface area contributed by atoms with Crippen molar-refractivity contribution in [3.63, 3.8) is 0 Å². The summed E-state index contributed by atoms with van der Waals surface area (Å²) in [6.45, 7) is 9.40. The van der Waals surface area contributed by atoms with Gasteiger partial charge in [-0.2, -0.15) is 11.3 Å². The Bertz CT molecular complexity index is 342. The van der Waals surface area contributed by atoms with Gasteiger partial charge in [-0.3, -0.25) is 0 Å². The third-order valence-electron chi connectivity index (χ3n) is 4.41. The molecular formula is C16H27NS. The molecule has 102 valence electrons. The third-order valence-corrected chi connectivity index (χ3v) is 5.14. The average Bonchev–Trinajstić information content (AvgIpc) is 2.80. The Kier molecular flexibility index (Phi) is 4.85. The zero-order chi connectivity index (χ0) is 13.0. The van der Waals surface area contributed by atoms with Crippen LogP contribution in [0.15, 0.2) is 16.8 Å². The zero-order valence-electron chi connectivity index (χ0n) is 12.0. The molecule has 1 fully saturated rings. The van der Waals surface area contributed by atoms with Crippen LogP contribution in [0.25, 0.3) is 0 Å². The highest BCUT2D eigenvalue weighted by Crippen LogP contribution is 2.43. The van der Waals surface area contributed by atoms with Crippen LogP contribution in [-0.2, 0) is 6.42 Å². The van der Waals surface area contributed by atoms with E-state index in [1.165, 1.54) is 32.2 Å². The summed E-state index contributed by atoms with van der Waals surface area (Å²) in [6.07, 6.45) is 5.46. The Morgan fingerprint density at radius 1 is 1.39 bits per heavy atom. The first-order valence-electron chi connectivity index (χ1n) is 7.32. The number of thiophene rings is 1. The van der Waals surface area contributed by atoms with Crippen LogP contribution in [-0.4, -0.2) is 13.1 Å². The fourth-order valence-corrected chi connectivity index (χ4v) is 4.02. The van der Waals surface area contributed by atoms with E-state index in [1.807, 2.05) is 11.3 Å². The topological polar surface area (TPSA) is 12.0 Å². The molecule has 1 saturated carbocycles. The maximum atomic E-state index is 3.56. The second kappa shape index (κ2) is 6.21. The van der Waals surface area contributed by atoms with E-state index in [9.17, 15) is 0 Å². The summed E-state index contributed by atoms with van der Waals surface area (Å²) in [6, 6.07) is 2.30. The molecule has 2 unspecified atom stereocenters. The predicted molar refractivity (Wildman–Crippen MR) is 81.2 cm³/mol. The van der Waals surface area contributed by atoms with Gasteiger partial charge in [-0.15, -0.1) is 0 Å². The van der Waals surface area contributed by atoms with Crippen molar-refractivity contribution in [1.29, 1.82) is 0 Å². The van der Waals surface area contributed by atoms with Crippen molar-refractivity contribution in [2.75, 3.05) is 13.1 Å². The maximum Gasteiger partial charge on any atom is -0.00179 e. The van der Waals surface area contributed by atoms with Crippen LogP contribution < -0.4 is 5.32 Å². The lowest BCUT2D eigenvalue weighted by molar-refractivity contribution is 0.116. The molecule has 1 aromatic heterocycles. The fraction of sp³-hybridized carbons (Fsp3) is 0.750. The van der Waals surface area contributed by atoms with E-state index in [0.717, 1.165) is 18.4 Å². The molecule has 2 rings (SSSR count). The van der Waals surface area contributed by atoms with Crippen molar-refractivity contribution in [3.8, 4) is 0 Å². The van der Waals surface area contributed by atoms with Gasteiger partial charge in [-0.25, -0.2) is 0 Å². The van der Waals surface area contributed by atoms with Crippen LogP contribution in [0.1, 0.15) is 45.6 Å². The second-order valence-corrected chi connectivity index (χ2v) is 7.35. The Morgan fingerprint density at radius 2 is 2.22 bits per heavy atom. The molecule has 1 aliphatic carbocycles. The maximum absolute atomic E-state index is 3.56. The van der Waals surface area contributed by atoms with Crippen LogP contribution in [0.4, 0.5) is 0 Å². The van der Waals surface area contributed by atoms with E-state index in [4.69, 9.17) is 0 Å². The van der Waals surface area contributed by atoms with Crippen LogP contribution in [0.2, 0.25) is 0 Å². The number of hydrogen-bond acceptors (Lipinski definition) is 2. The van der Waals surface area contributed by atoms with Gasteiger partial charge in [-0.1, -0.05) is 20.8 Å². The second-order valence-electron chi connectivity index (χ2n) is 6.57. The molecule has 0 aliphatic heterocycles. The van der Waals surface area contributed by atoms with Crippen molar-refractivity contribution in [2.24, 2.45) is 17.3 Å². The SMILES string of the molecule is CCNCC1CCC(C)(C)CC1Cc1ccsc1. The third kappa shape index (κ3) is 3.83. The largest absolute Gasteiger partial charge is 0.317 e. The molecule has 1 N–H and O–H groups in total. The molecule has 1 aliphatic rings. The van der Waals surface area contributed by atoms with E-state index in [0.29, 0.717) is 5.41 Å². The Morgan fingerprint density at radius 3 is 2.89 bits per heavy atom. The highest BCUT2D eigenvalue weighted by atomic mass is 32.1. The van der Waals surface area contributed by atoms with Gasteiger partial charge in [0, 0.05) is 0 Å². The Labute approximate surface area is 116 Å². The summed E-state index contributed by atoms with van der Waals surface area (Å²) < 4.78 is 0. The van der Waals surface area contributed by atoms with E-state index in [2.05, 4.69) is 42.9 Å². The van der Waals surface area contributed by atoms with E-state index in [1.54, 1.807) is 5.56 Å². The summed E-state index contributed by atoms with van der Waals surface area (Å²) in [5.41, 5.74) is 2.09. The molecule has 1 nitrogen and oxygen atoms in total. The summed E-state index contributed by atoms with van der Waals surface area (Å²) in [7, 11) is 0. The smallest absolute Gasteiger partial charge is 0.00179 e. The number of rotatable bonds is 5. The van der Waals surface area contributed by atoms with Crippen molar-refractivity contribution >= 4 is 11.3 Å². The number of hydrogen-bond donors (Lipinski definition) is 1. The summed E-state index contributed by atoms with van der Waals surface area (Å²) in [4.78, 5) is 0. The first kappa shape index (κ1) is 14.1.